The first kappa shape index (κ1) is 68.5. The van der Waals surface area contributed by atoms with E-state index in [1.54, 1.807) is 0 Å². The molecule has 0 fully saturated rings. The largest absolute Gasteiger partial charge is 0.756 e. The summed E-state index contributed by atoms with van der Waals surface area (Å²) in [5.41, 5.74) is 0. The fourth-order valence-corrected chi connectivity index (χ4v) is 10.2. The Morgan fingerprint density at radius 3 is 0.957 bits per heavy atom. The lowest BCUT2D eigenvalue weighted by atomic mass is 10.0. The van der Waals surface area contributed by atoms with Gasteiger partial charge in [-0.15, -0.1) is 0 Å². The van der Waals surface area contributed by atoms with Crippen LogP contribution in [0.3, 0.4) is 0 Å². The fraction of sp³-hybridized carbons (Fsp3) is 0.983. The number of ether oxygens (including phenoxy) is 2. The maximum Gasteiger partial charge on any atom is 0.306 e. The van der Waals surface area contributed by atoms with Crippen molar-refractivity contribution < 1.29 is 37.3 Å². The van der Waals surface area contributed by atoms with Crippen molar-refractivity contribution in [2.24, 2.45) is 0 Å². The van der Waals surface area contributed by atoms with Gasteiger partial charge in [0.15, 0.2) is 0 Å². The lowest BCUT2D eigenvalue weighted by molar-refractivity contribution is -0.870. The van der Waals surface area contributed by atoms with Crippen LogP contribution >= 0.6 is 7.82 Å². The Hall–Kier alpha value is -0.500. The normalized spacial score (nSPS) is 13.3. The van der Waals surface area contributed by atoms with Gasteiger partial charge in [-0.1, -0.05) is 303 Å². The average Bonchev–Trinajstić information content (AvgIpc) is 3.31. The summed E-state index contributed by atoms with van der Waals surface area (Å²) < 4.78 is 34.8. The molecular weight excluding hydrogens is 878 g/mol. The zero-order valence-corrected chi connectivity index (χ0v) is 48.2. The first-order valence-corrected chi connectivity index (χ1v) is 32.2. The highest BCUT2D eigenvalue weighted by molar-refractivity contribution is 7.45. The molecule has 0 rings (SSSR count). The summed E-state index contributed by atoms with van der Waals surface area (Å²) in [6.07, 6.45) is 63.2. The summed E-state index contributed by atoms with van der Waals surface area (Å²) in [6.45, 7) is 5.50. The zero-order valence-electron chi connectivity index (χ0n) is 47.3. The van der Waals surface area contributed by atoms with Crippen LogP contribution in [0.15, 0.2) is 0 Å². The van der Waals surface area contributed by atoms with Crippen LogP contribution in [0.5, 0.6) is 0 Å². The maximum absolute atomic E-state index is 12.8. The van der Waals surface area contributed by atoms with Crippen LogP contribution in [-0.2, 0) is 27.9 Å². The smallest absolute Gasteiger partial charge is 0.306 e. The second-order valence-electron chi connectivity index (χ2n) is 22.4. The van der Waals surface area contributed by atoms with E-state index in [9.17, 15) is 14.3 Å². The average molecular weight is 1000 g/mol. The number of hydrogen-bond acceptors (Lipinski definition) is 7. The van der Waals surface area contributed by atoms with E-state index in [-0.39, 0.29) is 25.8 Å². The molecule has 0 heterocycles. The summed E-state index contributed by atoms with van der Waals surface area (Å²) in [7, 11) is 1.38. The van der Waals surface area contributed by atoms with Gasteiger partial charge in [0.05, 0.1) is 34.4 Å². The Kier molecular flexibility index (Phi) is 53.4. The SMILES string of the molecule is CCCCCCCCCCCCCCCCCCCCCCCCCCCCCCCCCCCC(=O)O[C@H](COCCCCCCCCCCCCCCCC)COP(=O)([O-])OCC[N+](C)(C)C. The van der Waals surface area contributed by atoms with Crippen molar-refractivity contribution in [3.05, 3.63) is 0 Å². The highest BCUT2D eigenvalue weighted by Gasteiger charge is 2.20. The second-order valence-corrected chi connectivity index (χ2v) is 23.8. The molecule has 0 radical (unpaired) electrons. The monoisotopic (exact) mass is 1000 g/mol. The Labute approximate surface area is 431 Å². The number of unbranched alkanes of at least 4 members (excludes halogenated alkanes) is 45. The van der Waals surface area contributed by atoms with E-state index in [0.29, 0.717) is 24.1 Å². The van der Waals surface area contributed by atoms with Crippen LogP contribution in [0.25, 0.3) is 0 Å². The fourth-order valence-electron chi connectivity index (χ4n) is 9.44. The summed E-state index contributed by atoms with van der Waals surface area (Å²) in [6, 6.07) is 0. The van der Waals surface area contributed by atoms with Crippen LogP contribution < -0.4 is 4.89 Å². The van der Waals surface area contributed by atoms with Crippen LogP contribution in [-0.4, -0.2) is 70.7 Å². The number of hydrogen-bond donors (Lipinski definition) is 0. The number of quaternary nitrogens is 1. The highest BCUT2D eigenvalue weighted by atomic mass is 31.2. The molecule has 0 saturated heterocycles. The number of nitrogens with zero attached hydrogens (tertiary/aromatic N) is 1. The minimum absolute atomic E-state index is 0.0318. The number of esters is 1. The van der Waals surface area contributed by atoms with Crippen LogP contribution in [0.1, 0.15) is 322 Å². The van der Waals surface area contributed by atoms with Gasteiger partial charge in [0.2, 0.25) is 0 Å². The van der Waals surface area contributed by atoms with E-state index in [4.69, 9.17) is 18.5 Å². The summed E-state index contributed by atoms with van der Waals surface area (Å²) >= 11 is 0. The van der Waals surface area contributed by atoms with Crippen LogP contribution in [0.4, 0.5) is 0 Å². The lowest BCUT2D eigenvalue weighted by Crippen LogP contribution is -2.37. The standard InChI is InChI=1S/C60H122NO7P/c1-6-8-10-12-14-16-18-20-22-23-24-25-26-27-28-29-30-31-32-33-34-35-36-37-38-39-40-41-43-45-47-49-51-53-60(62)68-59(58-67-69(63,64)66-56-54-61(3,4)5)57-65-55-52-50-48-46-44-42-21-19-17-15-13-11-9-7-2/h59H,6-58H2,1-5H3/t59-/m1/s1. The highest BCUT2D eigenvalue weighted by Crippen LogP contribution is 2.38. The van der Waals surface area contributed by atoms with Gasteiger partial charge in [0.25, 0.3) is 7.82 Å². The molecule has 0 amide bonds. The van der Waals surface area contributed by atoms with Gasteiger partial charge in [-0.25, -0.2) is 0 Å². The van der Waals surface area contributed by atoms with E-state index in [2.05, 4.69) is 13.8 Å². The van der Waals surface area contributed by atoms with Crippen molar-refractivity contribution in [2.45, 2.75) is 328 Å². The third kappa shape index (κ3) is 58.3. The predicted octanol–water partition coefficient (Wildman–Crippen LogP) is 18.9. The molecule has 8 nitrogen and oxygen atoms in total. The van der Waals surface area contributed by atoms with Gasteiger partial charge in [0, 0.05) is 13.0 Å². The lowest BCUT2D eigenvalue weighted by Gasteiger charge is -2.28. The van der Waals surface area contributed by atoms with Crippen LogP contribution in [0, 0.1) is 0 Å². The molecule has 2 atom stereocenters. The Balaban J connectivity index is 3.84. The van der Waals surface area contributed by atoms with E-state index in [0.717, 1.165) is 32.1 Å². The molecule has 9 heteroatoms. The Morgan fingerprint density at radius 1 is 0.391 bits per heavy atom. The molecule has 414 valence electrons. The number of rotatable bonds is 59. The van der Waals surface area contributed by atoms with Gasteiger partial charge in [-0.2, -0.15) is 0 Å². The number of likely N-dealkylation sites (N-methyl/N-ethyl adjacent to an activating group) is 1. The number of carbonyl (C=O) groups is 1. The third-order valence-corrected chi connectivity index (χ3v) is 15.1. The molecule has 0 bridgehead atoms. The van der Waals surface area contributed by atoms with Crippen molar-refractivity contribution in [3.63, 3.8) is 0 Å². The molecule has 1 unspecified atom stereocenters. The Bertz CT molecular complexity index is 1070. The maximum atomic E-state index is 12.8. The number of phosphoric ester groups is 1. The molecule has 0 aromatic heterocycles. The first-order valence-electron chi connectivity index (χ1n) is 30.8. The van der Waals surface area contributed by atoms with Crippen LogP contribution in [0.2, 0.25) is 0 Å². The minimum Gasteiger partial charge on any atom is -0.756 e. The molecule has 0 N–H and O–H groups in total. The van der Waals surface area contributed by atoms with Gasteiger partial charge < -0.3 is 27.9 Å². The third-order valence-electron chi connectivity index (χ3n) is 14.2. The van der Waals surface area contributed by atoms with E-state index in [1.165, 1.54) is 270 Å². The molecular formula is C60H122NO7P. The zero-order chi connectivity index (χ0) is 50.5. The molecule has 0 saturated carbocycles. The topological polar surface area (TPSA) is 94.1 Å². The summed E-state index contributed by atoms with van der Waals surface area (Å²) in [4.78, 5) is 25.2. The van der Waals surface area contributed by atoms with Crippen molar-refractivity contribution in [1.82, 2.24) is 0 Å². The first-order chi connectivity index (χ1) is 33.6. The molecule has 0 spiro atoms. The molecule has 0 aromatic rings. The molecule has 69 heavy (non-hydrogen) atoms. The van der Waals surface area contributed by atoms with E-state index in [1.807, 2.05) is 21.1 Å². The van der Waals surface area contributed by atoms with Gasteiger partial charge >= 0.3 is 5.97 Å². The number of carbonyl (C=O) groups excluding carboxylic acids is 1. The Morgan fingerprint density at radius 2 is 0.667 bits per heavy atom. The second kappa shape index (κ2) is 53.8. The molecule has 0 aliphatic heterocycles. The quantitative estimate of drug-likeness (QED) is 0.0259. The van der Waals surface area contributed by atoms with E-state index >= 15 is 0 Å². The molecule has 0 aliphatic rings. The van der Waals surface area contributed by atoms with Crippen molar-refractivity contribution >= 4 is 13.8 Å². The predicted molar refractivity (Wildman–Crippen MR) is 296 cm³/mol. The number of phosphoric acid groups is 1. The van der Waals surface area contributed by atoms with Crippen molar-refractivity contribution in [1.29, 1.82) is 0 Å². The van der Waals surface area contributed by atoms with Gasteiger partial charge in [0.1, 0.15) is 19.3 Å². The summed E-state index contributed by atoms with van der Waals surface area (Å²) in [5.74, 6) is -0.323. The van der Waals surface area contributed by atoms with Crippen molar-refractivity contribution in [3.8, 4) is 0 Å². The van der Waals surface area contributed by atoms with E-state index < -0.39 is 13.9 Å². The summed E-state index contributed by atoms with van der Waals surface area (Å²) in [5, 5.41) is 0. The van der Waals surface area contributed by atoms with Gasteiger partial charge in [-0.3, -0.25) is 9.36 Å². The van der Waals surface area contributed by atoms with Crippen molar-refractivity contribution in [2.75, 3.05) is 54.1 Å². The molecule has 0 aromatic carbocycles. The molecule has 0 aliphatic carbocycles. The minimum atomic E-state index is -4.52. The van der Waals surface area contributed by atoms with Gasteiger partial charge in [-0.05, 0) is 12.8 Å².